The van der Waals surface area contributed by atoms with Gasteiger partial charge < -0.3 is 15.0 Å². The number of hydrogen-bond donors (Lipinski definition) is 1. The number of nitrogens with one attached hydrogen (secondary N) is 1. The first kappa shape index (κ1) is 18.0. The summed E-state index contributed by atoms with van der Waals surface area (Å²) >= 11 is 0. The van der Waals surface area contributed by atoms with Gasteiger partial charge in [-0.1, -0.05) is 18.2 Å². The van der Waals surface area contributed by atoms with Gasteiger partial charge in [0.05, 0.1) is 12.3 Å². The number of hydrogen-bond acceptors (Lipinski definition) is 3. The first-order valence-corrected chi connectivity index (χ1v) is 8.98. The Labute approximate surface area is 154 Å². The fourth-order valence-electron chi connectivity index (χ4n) is 3.10. The average molecular weight is 352 g/mol. The van der Waals surface area contributed by atoms with Crippen molar-refractivity contribution in [2.45, 2.75) is 33.2 Å². The molecule has 1 aliphatic heterocycles. The fraction of sp³-hybridized carbons (Fsp3) is 0.333. The fourth-order valence-corrected chi connectivity index (χ4v) is 3.10. The number of carbonyl (C=O) groups is 2. The molecule has 0 spiro atoms. The van der Waals surface area contributed by atoms with Crippen molar-refractivity contribution in [3.05, 3.63) is 59.2 Å². The smallest absolute Gasteiger partial charge is 0.255 e. The van der Waals surface area contributed by atoms with Crippen LogP contribution in [0.3, 0.4) is 0 Å². The van der Waals surface area contributed by atoms with Gasteiger partial charge in [-0.3, -0.25) is 9.59 Å². The van der Waals surface area contributed by atoms with E-state index in [1.807, 2.05) is 55.1 Å². The van der Waals surface area contributed by atoms with E-state index in [9.17, 15) is 9.59 Å². The van der Waals surface area contributed by atoms with Crippen LogP contribution in [0.1, 0.15) is 41.3 Å². The topological polar surface area (TPSA) is 58.6 Å². The van der Waals surface area contributed by atoms with E-state index in [4.69, 9.17) is 4.74 Å². The monoisotopic (exact) mass is 352 g/mol. The molecule has 0 unspecified atom stereocenters. The number of amides is 2. The predicted molar refractivity (Wildman–Crippen MR) is 101 cm³/mol. The molecule has 136 valence electrons. The van der Waals surface area contributed by atoms with E-state index in [0.29, 0.717) is 36.6 Å². The van der Waals surface area contributed by atoms with Gasteiger partial charge in [-0.05, 0) is 55.7 Å². The second-order valence-corrected chi connectivity index (χ2v) is 6.51. The lowest BCUT2D eigenvalue weighted by Gasteiger charge is -2.16. The Hall–Kier alpha value is -2.82. The minimum Gasteiger partial charge on any atom is -0.492 e. The maximum Gasteiger partial charge on any atom is 0.255 e. The molecule has 5 heteroatoms. The minimum atomic E-state index is -0.190. The molecule has 0 aromatic heterocycles. The highest BCUT2D eigenvalue weighted by Crippen LogP contribution is 2.26. The van der Waals surface area contributed by atoms with Crippen LogP contribution in [0, 0.1) is 6.92 Å². The third-order valence-electron chi connectivity index (χ3n) is 4.42. The number of rotatable bonds is 6. The van der Waals surface area contributed by atoms with Crippen molar-refractivity contribution in [2.24, 2.45) is 0 Å². The van der Waals surface area contributed by atoms with Crippen LogP contribution in [0.15, 0.2) is 42.5 Å². The van der Waals surface area contributed by atoms with Gasteiger partial charge in [-0.25, -0.2) is 0 Å². The highest BCUT2D eigenvalue weighted by Gasteiger charge is 2.20. The first-order valence-electron chi connectivity index (χ1n) is 8.98. The average Bonchev–Trinajstić information content (AvgIpc) is 3.02. The van der Waals surface area contributed by atoms with Crippen LogP contribution >= 0.6 is 0 Å². The summed E-state index contributed by atoms with van der Waals surface area (Å²) in [5.74, 6) is 0.657. The van der Waals surface area contributed by atoms with E-state index in [0.717, 1.165) is 24.1 Å². The normalized spacial score (nSPS) is 13.8. The van der Waals surface area contributed by atoms with Crippen LogP contribution in [0.4, 0.5) is 5.69 Å². The molecule has 26 heavy (non-hydrogen) atoms. The van der Waals surface area contributed by atoms with E-state index < -0.39 is 0 Å². The lowest BCUT2D eigenvalue weighted by atomic mass is 10.1. The molecule has 1 N–H and O–H groups in total. The second-order valence-electron chi connectivity index (χ2n) is 6.51. The molecule has 0 bridgehead atoms. The molecule has 0 saturated carbocycles. The van der Waals surface area contributed by atoms with Crippen LogP contribution in [0.5, 0.6) is 5.75 Å². The van der Waals surface area contributed by atoms with Crippen LogP contribution in [0.2, 0.25) is 0 Å². The Balaban J connectivity index is 1.74. The number of likely N-dealkylation sites (tertiary alicyclic amines) is 1. The predicted octanol–water partition coefficient (Wildman–Crippen LogP) is 3.77. The summed E-state index contributed by atoms with van der Waals surface area (Å²) in [7, 11) is 0. The molecule has 2 aromatic rings. The molecular formula is C21H24N2O3. The Morgan fingerprint density at radius 2 is 2.08 bits per heavy atom. The van der Waals surface area contributed by atoms with Gasteiger partial charge in [0.25, 0.3) is 5.91 Å². The number of carbonyl (C=O) groups excluding carboxylic acids is 2. The number of nitrogens with zero attached hydrogens (tertiary/aromatic N) is 1. The first-order chi connectivity index (χ1) is 12.6. The third-order valence-corrected chi connectivity index (χ3v) is 4.42. The van der Waals surface area contributed by atoms with Gasteiger partial charge in [0, 0.05) is 25.1 Å². The van der Waals surface area contributed by atoms with Crippen molar-refractivity contribution in [3.8, 4) is 5.75 Å². The Kier molecular flexibility index (Phi) is 5.56. The molecule has 2 amide bonds. The summed E-state index contributed by atoms with van der Waals surface area (Å²) in [4.78, 5) is 26.3. The van der Waals surface area contributed by atoms with Crippen molar-refractivity contribution < 1.29 is 14.3 Å². The van der Waals surface area contributed by atoms with Crippen LogP contribution in [0.25, 0.3) is 0 Å². The van der Waals surface area contributed by atoms with Crippen molar-refractivity contribution in [2.75, 3.05) is 18.5 Å². The number of anilines is 1. The molecule has 3 rings (SSSR count). The van der Waals surface area contributed by atoms with Crippen LogP contribution in [-0.4, -0.2) is 29.9 Å². The van der Waals surface area contributed by atoms with Gasteiger partial charge in [0.15, 0.2) is 0 Å². The van der Waals surface area contributed by atoms with E-state index in [2.05, 4.69) is 5.32 Å². The number of benzene rings is 2. The van der Waals surface area contributed by atoms with Crippen molar-refractivity contribution in [1.29, 1.82) is 0 Å². The molecule has 1 saturated heterocycles. The zero-order chi connectivity index (χ0) is 18.5. The molecule has 1 heterocycles. The maximum atomic E-state index is 12.7. The third kappa shape index (κ3) is 4.23. The van der Waals surface area contributed by atoms with Crippen LogP contribution in [-0.2, 0) is 11.3 Å². The largest absolute Gasteiger partial charge is 0.492 e. The standard InChI is InChI=1S/C21H24N2O3/c1-3-26-19-12-15(2)9-10-18(19)22-21(25)17-7-4-6-16(13-17)14-23-11-5-8-20(23)24/h4,6-7,9-10,12-13H,3,5,8,11,14H2,1-2H3,(H,22,25). The molecule has 0 radical (unpaired) electrons. The molecule has 1 fully saturated rings. The molecule has 2 aromatic carbocycles. The summed E-state index contributed by atoms with van der Waals surface area (Å²) < 4.78 is 5.62. The summed E-state index contributed by atoms with van der Waals surface area (Å²) in [5.41, 5.74) is 3.25. The Bertz CT molecular complexity index is 817. The molecule has 0 atom stereocenters. The summed E-state index contributed by atoms with van der Waals surface area (Å²) in [6.45, 7) is 5.77. The zero-order valence-corrected chi connectivity index (χ0v) is 15.2. The molecular weight excluding hydrogens is 328 g/mol. The van der Waals surface area contributed by atoms with Crippen molar-refractivity contribution >= 4 is 17.5 Å². The molecule has 1 aliphatic rings. The van der Waals surface area contributed by atoms with Crippen molar-refractivity contribution in [3.63, 3.8) is 0 Å². The van der Waals surface area contributed by atoms with E-state index in [1.165, 1.54) is 0 Å². The van der Waals surface area contributed by atoms with Gasteiger partial charge in [-0.15, -0.1) is 0 Å². The number of ether oxygens (including phenoxy) is 1. The molecule has 0 aliphatic carbocycles. The molecule has 5 nitrogen and oxygen atoms in total. The highest BCUT2D eigenvalue weighted by molar-refractivity contribution is 6.05. The summed E-state index contributed by atoms with van der Waals surface area (Å²) in [6, 6.07) is 13.1. The van der Waals surface area contributed by atoms with Crippen molar-refractivity contribution in [1.82, 2.24) is 4.90 Å². The van der Waals surface area contributed by atoms with E-state index >= 15 is 0 Å². The van der Waals surface area contributed by atoms with Gasteiger partial charge in [0.2, 0.25) is 5.91 Å². The van der Waals surface area contributed by atoms with Gasteiger partial charge in [0.1, 0.15) is 5.75 Å². The Morgan fingerprint density at radius 3 is 2.81 bits per heavy atom. The summed E-state index contributed by atoms with van der Waals surface area (Å²) in [6.07, 6.45) is 1.53. The van der Waals surface area contributed by atoms with E-state index in [1.54, 1.807) is 6.07 Å². The lowest BCUT2D eigenvalue weighted by molar-refractivity contribution is -0.128. The maximum absolute atomic E-state index is 12.7. The lowest BCUT2D eigenvalue weighted by Crippen LogP contribution is -2.24. The highest BCUT2D eigenvalue weighted by atomic mass is 16.5. The SMILES string of the molecule is CCOc1cc(C)ccc1NC(=O)c1cccc(CN2CCCC2=O)c1. The van der Waals surface area contributed by atoms with Crippen LogP contribution < -0.4 is 10.1 Å². The minimum absolute atomic E-state index is 0.181. The van der Waals surface area contributed by atoms with E-state index in [-0.39, 0.29) is 11.8 Å². The second kappa shape index (κ2) is 8.04. The van der Waals surface area contributed by atoms with Gasteiger partial charge >= 0.3 is 0 Å². The summed E-state index contributed by atoms with van der Waals surface area (Å²) in [5, 5.41) is 2.92. The quantitative estimate of drug-likeness (QED) is 0.861. The number of aryl methyl sites for hydroxylation is 1. The van der Waals surface area contributed by atoms with Gasteiger partial charge in [-0.2, -0.15) is 0 Å². The zero-order valence-electron chi connectivity index (χ0n) is 15.2. The Morgan fingerprint density at radius 1 is 1.23 bits per heavy atom.